The van der Waals surface area contributed by atoms with Crippen LogP contribution in [0.15, 0.2) is 48.5 Å². The molecule has 122 valence electrons. The molecule has 2 nitrogen and oxygen atoms in total. The molecule has 23 heavy (non-hydrogen) atoms. The number of benzene rings is 2. The number of halogens is 3. The molecule has 7 heteroatoms. The molecule has 0 saturated carbocycles. The van der Waals surface area contributed by atoms with E-state index in [1.54, 1.807) is 27.8 Å². The monoisotopic (exact) mass is 681 g/mol. The predicted molar refractivity (Wildman–Crippen MR) is 115 cm³/mol. The first-order chi connectivity index (χ1) is 11.2. The average molecular weight is 681 g/mol. The molecule has 0 N–H and O–H groups in total. The van der Waals surface area contributed by atoms with Crippen LogP contribution in [0.4, 0.5) is 0 Å². The van der Waals surface area contributed by atoms with E-state index in [9.17, 15) is 0 Å². The van der Waals surface area contributed by atoms with E-state index in [2.05, 4.69) is 68.4 Å². The molecule has 0 aliphatic rings. The van der Waals surface area contributed by atoms with Crippen LogP contribution in [0.2, 0.25) is 0 Å². The molecule has 0 aliphatic carbocycles. The van der Waals surface area contributed by atoms with Gasteiger partial charge in [0.05, 0.1) is 12.7 Å². The standard InChI is InChI=1S/C16H14NOS2.I3/c1-11-3-5-12(6-4-11)15-17-16(20-19-15)13-7-9-14(18-2)10-8-13;1-3-2/h3-10H,1-2H3;/q+1;-1. The van der Waals surface area contributed by atoms with Crippen LogP contribution in [0.3, 0.4) is 0 Å². The van der Waals surface area contributed by atoms with Gasteiger partial charge in [-0.25, -0.2) is 0 Å². The first-order valence-corrected chi connectivity index (χ1v) is 21.3. The molecule has 1 aromatic heterocycles. The maximum atomic E-state index is 5.18. The van der Waals surface area contributed by atoms with Crippen LogP contribution >= 0.6 is 57.9 Å². The number of rotatable bonds is 3. The topological polar surface area (TPSA) is 22.1 Å². The van der Waals surface area contributed by atoms with Crippen LogP contribution < -0.4 is 18.0 Å². The van der Waals surface area contributed by atoms with E-state index in [1.807, 2.05) is 24.3 Å². The van der Waals surface area contributed by atoms with Crippen LogP contribution in [-0.4, -0.2) is 12.1 Å². The van der Waals surface area contributed by atoms with Crippen molar-refractivity contribution in [3.05, 3.63) is 54.1 Å². The summed E-state index contributed by atoms with van der Waals surface area (Å²) in [5, 5.41) is 2.12. The van der Waals surface area contributed by atoms with Crippen molar-refractivity contribution in [3.63, 3.8) is 0 Å². The van der Waals surface area contributed by atoms with Crippen molar-refractivity contribution >= 4 is 57.9 Å². The Kier molecular flexibility index (Phi) is 8.93. The Morgan fingerprint density at radius 3 is 2.13 bits per heavy atom. The average Bonchev–Trinajstić information content (AvgIpc) is 3.06. The van der Waals surface area contributed by atoms with E-state index >= 15 is 0 Å². The van der Waals surface area contributed by atoms with Crippen LogP contribution in [0.1, 0.15) is 5.56 Å². The summed E-state index contributed by atoms with van der Waals surface area (Å²) < 4.78 is 5.18. The fourth-order valence-electron chi connectivity index (χ4n) is 1.86. The Morgan fingerprint density at radius 1 is 1.00 bits per heavy atom. The molecule has 0 aliphatic heterocycles. The fraction of sp³-hybridized carbons (Fsp3) is 0.125. The third-order valence-electron chi connectivity index (χ3n) is 3.04. The van der Waals surface area contributed by atoms with Gasteiger partial charge in [-0.3, -0.25) is 0 Å². The van der Waals surface area contributed by atoms with Crippen molar-refractivity contribution in [3.8, 4) is 26.9 Å². The third-order valence-corrected chi connectivity index (χ3v) is 5.29. The van der Waals surface area contributed by atoms with Crippen molar-refractivity contribution in [2.75, 3.05) is 7.11 Å². The Hall–Kier alpha value is 0.410. The summed E-state index contributed by atoms with van der Waals surface area (Å²) in [5.74, 6) is 0.868. The molecule has 2 aromatic carbocycles. The SMILES string of the molecule is COc1ccc(-c2nc(-c3ccc(C)cc3)s[s+]2)cc1.I[I-]I. The van der Waals surface area contributed by atoms with Gasteiger partial charge in [-0.1, -0.05) is 29.8 Å². The van der Waals surface area contributed by atoms with Crippen LogP contribution in [0.25, 0.3) is 21.1 Å². The Bertz CT molecular complexity index is 730. The van der Waals surface area contributed by atoms with Crippen molar-refractivity contribution in [2.45, 2.75) is 6.92 Å². The zero-order valence-corrected chi connectivity index (χ0v) is 20.5. The first-order valence-electron chi connectivity index (χ1n) is 6.56. The minimum atomic E-state index is 0.530. The van der Waals surface area contributed by atoms with Gasteiger partial charge in [0, 0.05) is 5.56 Å². The summed E-state index contributed by atoms with van der Waals surface area (Å²) in [7, 11) is 5.09. The second-order valence-corrected chi connectivity index (χ2v) is 22.9. The van der Waals surface area contributed by atoms with E-state index in [1.165, 1.54) is 11.1 Å². The molecule has 3 rings (SSSR count). The molecular formula is C16H14I3NOS2. The van der Waals surface area contributed by atoms with Gasteiger partial charge < -0.3 is 4.74 Å². The molecule has 1 heterocycles. The number of hydrogen-bond donors (Lipinski definition) is 0. The van der Waals surface area contributed by atoms with E-state index in [0.717, 1.165) is 21.3 Å². The zero-order valence-electron chi connectivity index (χ0n) is 12.4. The number of aromatic nitrogens is 1. The summed E-state index contributed by atoms with van der Waals surface area (Å²) in [6, 6.07) is 16.5. The molecule has 3 aromatic rings. The summed E-state index contributed by atoms with van der Waals surface area (Å²) in [6.07, 6.45) is 0. The Labute approximate surface area is 173 Å². The molecule has 0 amide bonds. The summed E-state index contributed by atoms with van der Waals surface area (Å²) in [5.41, 5.74) is 3.58. The summed E-state index contributed by atoms with van der Waals surface area (Å²) in [6.45, 7) is 2.09. The Morgan fingerprint density at radius 2 is 1.57 bits per heavy atom. The minimum absolute atomic E-state index is 0.530. The number of nitrogens with zero attached hydrogens (tertiary/aromatic N) is 1. The van der Waals surface area contributed by atoms with Gasteiger partial charge in [0.1, 0.15) is 5.75 Å². The number of ether oxygens (including phenoxy) is 1. The number of aryl methyl sites for hydroxylation is 1. The second kappa shape index (κ2) is 10.4. The second-order valence-electron chi connectivity index (χ2n) is 4.54. The van der Waals surface area contributed by atoms with Crippen molar-refractivity contribution in [2.24, 2.45) is 0 Å². The molecule has 0 bridgehead atoms. The van der Waals surface area contributed by atoms with Crippen molar-refractivity contribution < 1.29 is 18.0 Å². The normalized spacial score (nSPS) is 10.1. The van der Waals surface area contributed by atoms with Gasteiger partial charge in [-0.05, 0) is 31.2 Å². The third kappa shape index (κ3) is 6.01. The quantitative estimate of drug-likeness (QED) is 0.238. The fourth-order valence-corrected chi connectivity index (χ4v) is 4.08. The van der Waals surface area contributed by atoms with Gasteiger partial charge in [-0.15, -0.1) is 0 Å². The Balaban J connectivity index is 0.000000595. The van der Waals surface area contributed by atoms with Gasteiger partial charge in [0.25, 0.3) is 0 Å². The number of hydrogen-bond acceptors (Lipinski definition) is 3. The molecule has 0 atom stereocenters. The molecular weight excluding hydrogens is 667 g/mol. The molecule has 0 saturated heterocycles. The van der Waals surface area contributed by atoms with Crippen molar-refractivity contribution in [1.82, 2.24) is 4.98 Å². The van der Waals surface area contributed by atoms with Crippen LogP contribution in [-0.2, 0) is 0 Å². The zero-order chi connectivity index (χ0) is 16.7. The van der Waals surface area contributed by atoms with Gasteiger partial charge in [0.15, 0.2) is 15.3 Å². The number of methoxy groups -OCH3 is 1. The van der Waals surface area contributed by atoms with E-state index in [0.29, 0.717) is 13.3 Å². The van der Waals surface area contributed by atoms with E-state index in [4.69, 9.17) is 9.72 Å². The molecule has 0 radical (unpaired) electrons. The molecule has 0 spiro atoms. The van der Waals surface area contributed by atoms with Gasteiger partial charge in [-0.2, -0.15) is 4.98 Å². The predicted octanol–water partition coefficient (Wildman–Crippen LogP) is 3.91. The van der Waals surface area contributed by atoms with E-state index < -0.39 is 0 Å². The van der Waals surface area contributed by atoms with Crippen molar-refractivity contribution in [1.29, 1.82) is 0 Å². The maximum absolute atomic E-state index is 5.18. The van der Waals surface area contributed by atoms with Gasteiger partial charge in [0.2, 0.25) is 0 Å². The van der Waals surface area contributed by atoms with Crippen LogP contribution in [0.5, 0.6) is 5.75 Å². The molecule has 0 unspecified atom stereocenters. The first kappa shape index (κ1) is 19.7. The molecule has 0 fully saturated rings. The van der Waals surface area contributed by atoms with Gasteiger partial charge >= 0.3 is 65.8 Å². The van der Waals surface area contributed by atoms with Crippen LogP contribution in [0, 0.1) is 6.92 Å². The summed E-state index contributed by atoms with van der Waals surface area (Å²) >= 11 is 5.30. The van der Waals surface area contributed by atoms with E-state index in [-0.39, 0.29) is 0 Å². The summed E-state index contributed by atoms with van der Waals surface area (Å²) in [4.78, 5) is 4.73.